The highest BCUT2D eigenvalue weighted by molar-refractivity contribution is 5.76. The first-order valence-electron chi connectivity index (χ1n) is 9.47. The summed E-state index contributed by atoms with van der Waals surface area (Å²) in [7, 11) is 5.27. The molecule has 0 radical (unpaired) electrons. The van der Waals surface area contributed by atoms with Crippen LogP contribution in [0.4, 0.5) is 0 Å². The molecule has 2 aromatic rings. The van der Waals surface area contributed by atoms with E-state index in [0.29, 0.717) is 29.5 Å². The number of hydrogen-bond donors (Lipinski definition) is 1. The molecule has 0 saturated carbocycles. The second kappa shape index (κ2) is 11.7. The molecule has 0 aliphatic heterocycles. The number of aliphatic carboxylic acids is 1. The lowest BCUT2D eigenvalue weighted by Crippen LogP contribution is -2.35. The SMILES string of the molecule is COc1cccc(Oc2ccccc2OCC(CN(C)C)OC(=O)CCC(=O)O)c1. The topological polar surface area (TPSA) is 94.5 Å². The molecule has 0 amide bonds. The van der Waals surface area contributed by atoms with Crippen molar-refractivity contribution in [3.8, 4) is 23.0 Å². The number of carbonyl (C=O) groups is 2. The quantitative estimate of drug-likeness (QED) is 0.526. The zero-order chi connectivity index (χ0) is 21.9. The number of ether oxygens (including phenoxy) is 4. The highest BCUT2D eigenvalue weighted by atomic mass is 16.6. The second-order valence-corrected chi connectivity index (χ2v) is 6.81. The highest BCUT2D eigenvalue weighted by Gasteiger charge is 2.18. The van der Waals surface area contributed by atoms with E-state index in [1.165, 1.54) is 0 Å². The Morgan fingerprint density at radius 3 is 2.37 bits per heavy atom. The number of esters is 1. The van der Waals surface area contributed by atoms with Gasteiger partial charge in [-0.25, -0.2) is 0 Å². The van der Waals surface area contributed by atoms with E-state index in [4.69, 9.17) is 24.1 Å². The van der Waals surface area contributed by atoms with Crippen LogP contribution in [0.2, 0.25) is 0 Å². The summed E-state index contributed by atoms with van der Waals surface area (Å²) in [6.07, 6.45) is -1.02. The first-order chi connectivity index (χ1) is 14.4. The maximum Gasteiger partial charge on any atom is 0.306 e. The predicted molar refractivity (Wildman–Crippen MR) is 110 cm³/mol. The second-order valence-electron chi connectivity index (χ2n) is 6.81. The number of rotatable bonds is 12. The molecule has 2 aromatic carbocycles. The summed E-state index contributed by atoms with van der Waals surface area (Å²) >= 11 is 0. The van der Waals surface area contributed by atoms with Crippen molar-refractivity contribution in [2.24, 2.45) is 0 Å². The van der Waals surface area contributed by atoms with Gasteiger partial charge in [0.25, 0.3) is 0 Å². The number of carboxylic acids is 1. The molecule has 1 unspecified atom stereocenters. The first kappa shape index (κ1) is 23.0. The minimum absolute atomic E-state index is 0.0927. The lowest BCUT2D eigenvalue weighted by Gasteiger charge is -2.22. The molecular weight excluding hydrogens is 390 g/mol. The van der Waals surface area contributed by atoms with Gasteiger partial charge in [0, 0.05) is 12.6 Å². The van der Waals surface area contributed by atoms with Gasteiger partial charge < -0.3 is 29.0 Å². The van der Waals surface area contributed by atoms with Crippen LogP contribution >= 0.6 is 0 Å². The van der Waals surface area contributed by atoms with E-state index in [-0.39, 0.29) is 19.4 Å². The van der Waals surface area contributed by atoms with Crippen molar-refractivity contribution >= 4 is 11.9 Å². The molecule has 0 spiro atoms. The summed E-state index contributed by atoms with van der Waals surface area (Å²) in [4.78, 5) is 24.4. The van der Waals surface area contributed by atoms with Crippen LogP contribution < -0.4 is 14.2 Å². The molecule has 0 aliphatic rings. The van der Waals surface area contributed by atoms with Crippen LogP contribution in [0.1, 0.15) is 12.8 Å². The van der Waals surface area contributed by atoms with Gasteiger partial charge >= 0.3 is 11.9 Å². The van der Waals surface area contributed by atoms with Gasteiger partial charge in [-0.05, 0) is 38.4 Å². The van der Waals surface area contributed by atoms with Gasteiger partial charge in [-0.15, -0.1) is 0 Å². The van der Waals surface area contributed by atoms with Crippen LogP contribution in [0.5, 0.6) is 23.0 Å². The fourth-order valence-electron chi connectivity index (χ4n) is 2.61. The van der Waals surface area contributed by atoms with E-state index in [2.05, 4.69) is 0 Å². The van der Waals surface area contributed by atoms with Crippen molar-refractivity contribution in [2.75, 3.05) is 34.4 Å². The molecule has 0 saturated heterocycles. The van der Waals surface area contributed by atoms with E-state index >= 15 is 0 Å². The molecule has 162 valence electrons. The van der Waals surface area contributed by atoms with Crippen molar-refractivity contribution in [3.05, 3.63) is 48.5 Å². The first-order valence-corrected chi connectivity index (χ1v) is 9.47. The fourth-order valence-corrected chi connectivity index (χ4v) is 2.61. The van der Waals surface area contributed by atoms with E-state index in [1.54, 1.807) is 31.4 Å². The van der Waals surface area contributed by atoms with E-state index in [0.717, 1.165) is 0 Å². The third-order valence-electron chi connectivity index (χ3n) is 3.95. The van der Waals surface area contributed by atoms with Crippen molar-refractivity contribution in [1.29, 1.82) is 0 Å². The number of likely N-dealkylation sites (N-methyl/N-ethyl adjacent to an activating group) is 1. The largest absolute Gasteiger partial charge is 0.497 e. The number of benzene rings is 2. The van der Waals surface area contributed by atoms with Gasteiger partial charge in [0.15, 0.2) is 11.5 Å². The molecule has 0 aliphatic carbocycles. The Hall–Kier alpha value is -3.26. The van der Waals surface area contributed by atoms with Crippen LogP contribution in [0.3, 0.4) is 0 Å². The average molecular weight is 417 g/mol. The van der Waals surface area contributed by atoms with Crippen LogP contribution in [0, 0.1) is 0 Å². The average Bonchev–Trinajstić information content (AvgIpc) is 2.71. The third kappa shape index (κ3) is 8.00. The number of hydrogen-bond acceptors (Lipinski definition) is 7. The van der Waals surface area contributed by atoms with Crippen LogP contribution in [0.15, 0.2) is 48.5 Å². The van der Waals surface area contributed by atoms with E-state index in [9.17, 15) is 9.59 Å². The van der Waals surface area contributed by atoms with Crippen molar-refractivity contribution < 1.29 is 33.6 Å². The molecular formula is C22H27NO7. The summed E-state index contributed by atoms with van der Waals surface area (Å²) in [5.74, 6) is 0.641. The molecule has 0 fully saturated rings. The Balaban J connectivity index is 2.04. The smallest absolute Gasteiger partial charge is 0.306 e. The molecule has 2 rings (SSSR count). The fraction of sp³-hybridized carbons (Fsp3) is 0.364. The Morgan fingerprint density at radius 1 is 1.00 bits per heavy atom. The molecule has 0 bridgehead atoms. The van der Waals surface area contributed by atoms with Crippen molar-refractivity contribution in [2.45, 2.75) is 18.9 Å². The number of carboxylic acid groups (broad SMARTS) is 1. The van der Waals surface area contributed by atoms with Gasteiger partial charge in [-0.3, -0.25) is 9.59 Å². The highest BCUT2D eigenvalue weighted by Crippen LogP contribution is 2.32. The molecule has 1 N–H and O–H groups in total. The van der Waals surface area contributed by atoms with Gasteiger partial charge in [0.05, 0.1) is 20.0 Å². The van der Waals surface area contributed by atoms with Crippen molar-refractivity contribution in [1.82, 2.24) is 4.90 Å². The molecule has 1 atom stereocenters. The molecule has 0 heterocycles. The molecule has 8 nitrogen and oxygen atoms in total. The van der Waals surface area contributed by atoms with Gasteiger partial charge in [-0.2, -0.15) is 0 Å². The number of nitrogens with zero attached hydrogens (tertiary/aromatic N) is 1. The van der Waals surface area contributed by atoms with Crippen LogP contribution in [-0.4, -0.2) is 62.4 Å². The summed E-state index contributed by atoms with van der Waals surface area (Å²) in [6, 6.07) is 14.4. The summed E-state index contributed by atoms with van der Waals surface area (Å²) in [6.45, 7) is 0.521. The minimum atomic E-state index is -1.05. The Morgan fingerprint density at radius 2 is 1.70 bits per heavy atom. The zero-order valence-corrected chi connectivity index (χ0v) is 17.4. The Bertz CT molecular complexity index is 838. The minimum Gasteiger partial charge on any atom is -0.497 e. The number of methoxy groups -OCH3 is 1. The Kier molecular flexibility index (Phi) is 8.96. The normalized spacial score (nSPS) is 11.6. The van der Waals surface area contributed by atoms with Crippen LogP contribution in [-0.2, 0) is 14.3 Å². The number of carbonyl (C=O) groups excluding carboxylic acids is 1. The maximum atomic E-state index is 11.9. The summed E-state index contributed by atoms with van der Waals surface area (Å²) in [5, 5.41) is 8.72. The summed E-state index contributed by atoms with van der Waals surface area (Å²) in [5.41, 5.74) is 0. The monoisotopic (exact) mass is 417 g/mol. The van der Waals surface area contributed by atoms with E-state index < -0.39 is 18.0 Å². The third-order valence-corrected chi connectivity index (χ3v) is 3.95. The van der Waals surface area contributed by atoms with Crippen LogP contribution in [0.25, 0.3) is 0 Å². The van der Waals surface area contributed by atoms with E-state index in [1.807, 2.05) is 43.3 Å². The lowest BCUT2D eigenvalue weighted by molar-refractivity contribution is -0.153. The van der Waals surface area contributed by atoms with Crippen molar-refractivity contribution in [3.63, 3.8) is 0 Å². The van der Waals surface area contributed by atoms with Gasteiger partial charge in [-0.1, -0.05) is 18.2 Å². The van der Waals surface area contributed by atoms with Gasteiger partial charge in [0.2, 0.25) is 0 Å². The molecule has 0 aromatic heterocycles. The van der Waals surface area contributed by atoms with Gasteiger partial charge in [0.1, 0.15) is 24.2 Å². The standard InChI is InChI=1S/C22H27NO7/c1-23(2)14-18(30-22(26)12-11-21(24)25)15-28-19-9-4-5-10-20(19)29-17-8-6-7-16(13-17)27-3/h4-10,13,18H,11-12,14-15H2,1-3H3,(H,24,25). The molecule has 8 heteroatoms. The lowest BCUT2D eigenvalue weighted by atomic mass is 10.3. The summed E-state index contributed by atoms with van der Waals surface area (Å²) < 4.78 is 22.4. The predicted octanol–water partition coefficient (Wildman–Crippen LogP) is 3.20. The number of para-hydroxylation sites is 2. The zero-order valence-electron chi connectivity index (χ0n) is 17.4. The Labute approximate surface area is 175 Å². The maximum absolute atomic E-state index is 11.9. The molecule has 30 heavy (non-hydrogen) atoms.